The lowest BCUT2D eigenvalue weighted by molar-refractivity contribution is 0.383. The predicted molar refractivity (Wildman–Crippen MR) is 84.8 cm³/mol. The molecule has 0 fully saturated rings. The molecule has 0 saturated heterocycles. The average Bonchev–Trinajstić information content (AvgIpc) is 2.38. The monoisotopic (exact) mass is 253 g/mol. The summed E-state index contributed by atoms with van der Waals surface area (Å²) in [5.74, 6) is 0.977. The van der Waals surface area contributed by atoms with Gasteiger partial charge in [-0.25, -0.2) is 0 Å². The second kappa shape index (κ2) is 15.1. The summed E-state index contributed by atoms with van der Waals surface area (Å²) in [6, 6.07) is 0. The third kappa shape index (κ3) is 12.5. The minimum absolute atomic E-state index is 0.977. The molecule has 0 aliphatic rings. The fourth-order valence-electron chi connectivity index (χ4n) is 2.79. The zero-order valence-electron chi connectivity index (χ0n) is 13.2. The van der Waals surface area contributed by atoms with E-state index in [1.165, 1.54) is 83.5 Å². The quantitative estimate of drug-likeness (QED) is 0.294. The highest BCUT2D eigenvalue weighted by Gasteiger charge is 2.07. The van der Waals surface area contributed by atoms with Gasteiger partial charge in [-0.1, -0.05) is 111 Å². The summed E-state index contributed by atoms with van der Waals surface area (Å²) in [6.07, 6.45) is 19.7. The van der Waals surface area contributed by atoms with Crippen LogP contribution in [0.25, 0.3) is 0 Å². The Balaban J connectivity index is 3.44. The second-order valence-electron chi connectivity index (χ2n) is 5.91. The molecule has 109 valence electrons. The Kier molecular flexibility index (Phi) is 15.1. The van der Waals surface area contributed by atoms with Crippen molar-refractivity contribution in [3.05, 3.63) is 6.92 Å². The maximum absolute atomic E-state index is 4.04. The molecule has 0 aliphatic heterocycles. The Morgan fingerprint density at radius 3 is 1.56 bits per heavy atom. The van der Waals surface area contributed by atoms with Gasteiger partial charge >= 0.3 is 0 Å². The van der Waals surface area contributed by atoms with Crippen molar-refractivity contribution in [2.45, 2.75) is 104 Å². The smallest absolute Gasteiger partial charge is 0.0414 e. The summed E-state index contributed by atoms with van der Waals surface area (Å²) in [5.41, 5.74) is 0. The van der Waals surface area contributed by atoms with E-state index in [-0.39, 0.29) is 0 Å². The molecule has 0 aromatic rings. The highest BCUT2D eigenvalue weighted by molar-refractivity contribution is 4.62. The number of hydrogen-bond acceptors (Lipinski definition) is 0. The molecule has 0 N–H and O–H groups in total. The van der Waals surface area contributed by atoms with Crippen LogP contribution in [0, 0.1) is 12.8 Å². The predicted octanol–water partition coefficient (Wildman–Crippen LogP) is 6.94. The minimum Gasteiger partial charge on any atom is -0.0654 e. The Morgan fingerprint density at radius 1 is 0.611 bits per heavy atom. The molecule has 0 nitrogen and oxygen atoms in total. The Bertz CT molecular complexity index is 139. The van der Waals surface area contributed by atoms with Gasteiger partial charge < -0.3 is 0 Å². The molecule has 1 radical (unpaired) electrons. The van der Waals surface area contributed by atoms with Crippen LogP contribution in [0.15, 0.2) is 0 Å². The number of hydrogen-bond donors (Lipinski definition) is 0. The molecule has 0 spiro atoms. The summed E-state index contributed by atoms with van der Waals surface area (Å²) in [7, 11) is 0. The minimum atomic E-state index is 0.977. The topological polar surface area (TPSA) is 0 Å². The largest absolute Gasteiger partial charge is 0.0654 e. The maximum atomic E-state index is 4.04. The van der Waals surface area contributed by atoms with Crippen molar-refractivity contribution in [1.29, 1.82) is 0 Å². The lowest BCUT2D eigenvalue weighted by Gasteiger charge is -2.15. The van der Waals surface area contributed by atoms with E-state index in [0.29, 0.717) is 0 Å². The highest BCUT2D eigenvalue weighted by Crippen LogP contribution is 2.22. The normalized spacial score (nSPS) is 12.8. The van der Waals surface area contributed by atoms with Crippen LogP contribution in [-0.4, -0.2) is 0 Å². The summed E-state index contributed by atoms with van der Waals surface area (Å²) in [5, 5.41) is 0. The summed E-state index contributed by atoms with van der Waals surface area (Å²) in [6.45, 7) is 8.63. The molecular weight excluding hydrogens is 216 g/mol. The van der Waals surface area contributed by atoms with E-state index in [2.05, 4.69) is 20.8 Å². The summed E-state index contributed by atoms with van der Waals surface area (Å²) >= 11 is 0. The molecule has 0 aliphatic carbocycles. The van der Waals surface area contributed by atoms with Crippen molar-refractivity contribution in [3.63, 3.8) is 0 Å². The van der Waals surface area contributed by atoms with Crippen molar-refractivity contribution < 1.29 is 0 Å². The first-order valence-electron chi connectivity index (χ1n) is 8.64. The summed E-state index contributed by atoms with van der Waals surface area (Å²) in [4.78, 5) is 0. The fourth-order valence-corrected chi connectivity index (χ4v) is 2.79. The van der Waals surface area contributed by atoms with E-state index in [1.54, 1.807) is 0 Å². The van der Waals surface area contributed by atoms with Gasteiger partial charge in [0, 0.05) is 0 Å². The van der Waals surface area contributed by atoms with Crippen molar-refractivity contribution in [2.75, 3.05) is 0 Å². The van der Waals surface area contributed by atoms with Crippen LogP contribution in [0.5, 0.6) is 0 Å². The van der Waals surface area contributed by atoms with Crippen LogP contribution < -0.4 is 0 Å². The molecule has 1 unspecified atom stereocenters. The molecule has 1 atom stereocenters. The highest BCUT2D eigenvalue weighted by atomic mass is 14.1. The van der Waals surface area contributed by atoms with E-state index in [1.807, 2.05) is 0 Å². The lowest BCUT2D eigenvalue weighted by atomic mass is 9.91. The van der Waals surface area contributed by atoms with Gasteiger partial charge in [0.25, 0.3) is 0 Å². The summed E-state index contributed by atoms with van der Waals surface area (Å²) < 4.78 is 0. The molecule has 0 heterocycles. The van der Waals surface area contributed by atoms with Crippen LogP contribution in [0.2, 0.25) is 0 Å². The average molecular weight is 253 g/mol. The van der Waals surface area contributed by atoms with Crippen molar-refractivity contribution in [1.82, 2.24) is 0 Å². The van der Waals surface area contributed by atoms with Gasteiger partial charge in [0.15, 0.2) is 0 Å². The fraction of sp³-hybridized carbons (Fsp3) is 0.944. The zero-order valence-corrected chi connectivity index (χ0v) is 13.2. The maximum Gasteiger partial charge on any atom is -0.0414 e. The van der Waals surface area contributed by atoms with Gasteiger partial charge in [0.05, 0.1) is 0 Å². The van der Waals surface area contributed by atoms with Crippen molar-refractivity contribution in [3.8, 4) is 0 Å². The van der Waals surface area contributed by atoms with Crippen molar-refractivity contribution in [2.24, 2.45) is 5.92 Å². The van der Waals surface area contributed by atoms with E-state index >= 15 is 0 Å². The van der Waals surface area contributed by atoms with Crippen LogP contribution in [-0.2, 0) is 0 Å². The molecule has 18 heavy (non-hydrogen) atoms. The molecule has 0 saturated carbocycles. The van der Waals surface area contributed by atoms with Gasteiger partial charge in [0.1, 0.15) is 0 Å². The van der Waals surface area contributed by atoms with Crippen molar-refractivity contribution >= 4 is 0 Å². The first kappa shape index (κ1) is 18.0. The molecule has 0 aromatic heterocycles. The zero-order chi connectivity index (χ0) is 13.5. The third-order valence-corrected chi connectivity index (χ3v) is 4.04. The number of rotatable bonds is 14. The standard InChI is InChI=1S/C18H37/c1-4-7-9-11-12-14-17-18(15-6-3)16-13-10-8-5-2/h18H,3-17H2,1-2H3. The lowest BCUT2D eigenvalue weighted by Crippen LogP contribution is -2.00. The molecule has 0 aromatic carbocycles. The molecule has 0 heteroatoms. The van der Waals surface area contributed by atoms with Gasteiger partial charge in [0.2, 0.25) is 0 Å². The molecule has 0 amide bonds. The number of unbranched alkanes of at least 4 members (excludes halogenated alkanes) is 8. The second-order valence-corrected chi connectivity index (χ2v) is 5.91. The van der Waals surface area contributed by atoms with E-state index in [0.717, 1.165) is 12.3 Å². The first-order valence-corrected chi connectivity index (χ1v) is 8.64. The van der Waals surface area contributed by atoms with Gasteiger partial charge in [-0.05, 0) is 5.92 Å². The third-order valence-electron chi connectivity index (χ3n) is 4.04. The van der Waals surface area contributed by atoms with E-state index in [9.17, 15) is 0 Å². The Hall–Kier alpha value is 0. The Morgan fingerprint density at radius 2 is 1.06 bits per heavy atom. The molecular formula is C18H37. The van der Waals surface area contributed by atoms with Gasteiger partial charge in [-0.15, -0.1) is 0 Å². The van der Waals surface area contributed by atoms with Gasteiger partial charge in [-0.3, -0.25) is 0 Å². The Labute approximate surface area is 117 Å². The van der Waals surface area contributed by atoms with E-state index in [4.69, 9.17) is 0 Å². The molecule has 0 rings (SSSR count). The molecule has 0 bridgehead atoms. The van der Waals surface area contributed by atoms with Gasteiger partial charge in [-0.2, -0.15) is 0 Å². The van der Waals surface area contributed by atoms with Crippen LogP contribution in [0.1, 0.15) is 104 Å². The van der Waals surface area contributed by atoms with Crippen LogP contribution in [0.4, 0.5) is 0 Å². The van der Waals surface area contributed by atoms with E-state index < -0.39 is 0 Å². The first-order chi connectivity index (χ1) is 8.85. The SMILES string of the molecule is [CH2]CCC(CCCCCC)CCCCCCCC. The van der Waals surface area contributed by atoms with Crippen LogP contribution in [0.3, 0.4) is 0 Å². The van der Waals surface area contributed by atoms with Crippen LogP contribution >= 0.6 is 0 Å².